The molecule has 4 rings (SSSR count). The average molecular weight is 350 g/mol. The van der Waals surface area contributed by atoms with Crippen LogP contribution in [0.5, 0.6) is 0 Å². The first-order valence-corrected chi connectivity index (χ1v) is 8.26. The van der Waals surface area contributed by atoms with Gasteiger partial charge in [-0.1, -0.05) is 30.3 Å². The molecular weight excluding hydrogens is 336 g/mol. The number of Topliss-reactive ketones (excluding diaryl/α,β-unsaturated/α-hetero) is 4. The van der Waals surface area contributed by atoms with Crippen LogP contribution in [0.1, 0.15) is 34.1 Å². The Labute approximate surface area is 148 Å². The normalized spacial score (nSPS) is 27.0. The maximum absolute atomic E-state index is 13.1. The number of hydrogen-bond donors (Lipinski definition) is 0. The van der Waals surface area contributed by atoms with Gasteiger partial charge in [0.25, 0.3) is 0 Å². The van der Waals surface area contributed by atoms with E-state index < -0.39 is 47.0 Å². The van der Waals surface area contributed by atoms with Crippen molar-refractivity contribution < 1.29 is 28.7 Å². The van der Waals surface area contributed by atoms with E-state index in [4.69, 9.17) is 4.74 Å². The molecule has 0 fully saturated rings. The zero-order valence-corrected chi connectivity index (χ0v) is 13.9. The molecule has 3 aliphatic rings. The van der Waals surface area contributed by atoms with Gasteiger partial charge in [0.1, 0.15) is 6.10 Å². The van der Waals surface area contributed by atoms with Gasteiger partial charge in [0.15, 0.2) is 23.1 Å². The maximum atomic E-state index is 13.1. The van der Waals surface area contributed by atoms with Crippen molar-refractivity contribution in [3.8, 4) is 0 Å². The number of esters is 1. The summed E-state index contributed by atoms with van der Waals surface area (Å²) in [5.74, 6) is -4.72. The van der Waals surface area contributed by atoms with E-state index in [0.717, 1.165) is 0 Å². The molecule has 0 radical (unpaired) electrons. The lowest BCUT2D eigenvalue weighted by atomic mass is 9.64. The van der Waals surface area contributed by atoms with Crippen LogP contribution in [-0.4, -0.2) is 35.2 Å². The molecule has 0 amide bonds. The van der Waals surface area contributed by atoms with Crippen LogP contribution in [0.3, 0.4) is 0 Å². The maximum Gasteiger partial charge on any atom is 0.303 e. The molecule has 0 heterocycles. The second-order valence-electron chi connectivity index (χ2n) is 6.55. The molecule has 3 atom stereocenters. The average Bonchev–Trinajstić information content (AvgIpc) is 2.62. The number of ether oxygens (including phenoxy) is 1. The van der Waals surface area contributed by atoms with Gasteiger partial charge in [-0.3, -0.25) is 24.0 Å². The molecule has 6 nitrogen and oxygen atoms in total. The Kier molecular flexibility index (Phi) is 3.57. The molecule has 3 aliphatic carbocycles. The minimum Gasteiger partial charge on any atom is -0.458 e. The van der Waals surface area contributed by atoms with Crippen LogP contribution in [0.2, 0.25) is 0 Å². The van der Waals surface area contributed by atoms with Crippen LogP contribution in [0, 0.1) is 11.8 Å². The van der Waals surface area contributed by atoms with Gasteiger partial charge in [0, 0.05) is 24.0 Å². The number of fused-ring (bicyclic) bond motifs is 2. The van der Waals surface area contributed by atoms with E-state index in [1.54, 1.807) is 24.3 Å². The van der Waals surface area contributed by atoms with E-state index in [2.05, 4.69) is 0 Å². The summed E-state index contributed by atoms with van der Waals surface area (Å²) in [6.45, 7) is 1.21. The van der Waals surface area contributed by atoms with Crippen molar-refractivity contribution in [3.63, 3.8) is 0 Å². The number of rotatable bonds is 1. The summed E-state index contributed by atoms with van der Waals surface area (Å²) in [7, 11) is 0. The van der Waals surface area contributed by atoms with Crippen LogP contribution < -0.4 is 0 Å². The fourth-order valence-corrected chi connectivity index (χ4v) is 3.96. The molecule has 1 aromatic rings. The van der Waals surface area contributed by atoms with Gasteiger partial charge in [-0.25, -0.2) is 0 Å². The smallest absolute Gasteiger partial charge is 0.303 e. The standard InChI is InChI=1S/C20H14O6/c1-9(21)26-13-8-4-7-12-14(13)20(25)16-15(19(12)24)17(22)10-5-2-3-6-11(10)18(16)23/h2-6,8,12-14H,7H2,1H3/t12-,13-,14-/m0/s1. The van der Waals surface area contributed by atoms with Crippen molar-refractivity contribution >= 4 is 29.1 Å². The molecule has 6 heteroatoms. The van der Waals surface area contributed by atoms with Crippen LogP contribution in [0.4, 0.5) is 0 Å². The summed E-state index contributed by atoms with van der Waals surface area (Å²) in [6, 6.07) is 6.14. The topological polar surface area (TPSA) is 94.6 Å². The van der Waals surface area contributed by atoms with Crippen molar-refractivity contribution in [2.24, 2.45) is 11.8 Å². The highest BCUT2D eigenvalue weighted by molar-refractivity contribution is 6.45. The highest BCUT2D eigenvalue weighted by Gasteiger charge is 2.53. The summed E-state index contributed by atoms with van der Waals surface area (Å²) in [5.41, 5.74) is -0.436. The van der Waals surface area contributed by atoms with Gasteiger partial charge in [-0.2, -0.15) is 0 Å². The Morgan fingerprint density at radius 2 is 1.54 bits per heavy atom. The minimum atomic E-state index is -0.975. The molecule has 0 N–H and O–H groups in total. The Morgan fingerprint density at radius 3 is 2.12 bits per heavy atom. The number of benzene rings is 1. The minimum absolute atomic E-state index is 0.117. The second-order valence-corrected chi connectivity index (χ2v) is 6.55. The Hall–Kier alpha value is -3.15. The van der Waals surface area contributed by atoms with Crippen molar-refractivity contribution in [1.29, 1.82) is 0 Å². The van der Waals surface area contributed by atoms with Gasteiger partial charge in [0.2, 0.25) is 0 Å². The van der Waals surface area contributed by atoms with Gasteiger partial charge < -0.3 is 4.74 Å². The van der Waals surface area contributed by atoms with Gasteiger partial charge >= 0.3 is 5.97 Å². The molecule has 1 aromatic carbocycles. The van der Waals surface area contributed by atoms with Gasteiger partial charge in [-0.05, 0) is 12.5 Å². The number of ketones is 4. The second kappa shape index (κ2) is 5.69. The largest absolute Gasteiger partial charge is 0.458 e. The fourth-order valence-electron chi connectivity index (χ4n) is 3.96. The fraction of sp³-hybridized carbons (Fsp3) is 0.250. The highest BCUT2D eigenvalue weighted by atomic mass is 16.5. The van der Waals surface area contributed by atoms with Crippen LogP contribution >= 0.6 is 0 Å². The van der Waals surface area contributed by atoms with E-state index in [1.165, 1.54) is 19.1 Å². The van der Waals surface area contributed by atoms with Gasteiger partial charge in [-0.15, -0.1) is 0 Å². The molecule has 0 aliphatic heterocycles. The molecule has 0 aromatic heterocycles. The molecule has 130 valence electrons. The number of hydrogen-bond acceptors (Lipinski definition) is 6. The van der Waals surface area contributed by atoms with Crippen molar-refractivity contribution in [3.05, 3.63) is 58.7 Å². The molecule has 0 unspecified atom stereocenters. The lowest BCUT2D eigenvalue weighted by Crippen LogP contribution is -2.49. The first-order valence-electron chi connectivity index (χ1n) is 8.26. The van der Waals surface area contributed by atoms with E-state index >= 15 is 0 Å². The van der Waals surface area contributed by atoms with Crippen molar-refractivity contribution in [2.75, 3.05) is 0 Å². The lowest BCUT2D eigenvalue weighted by molar-refractivity contribution is -0.151. The van der Waals surface area contributed by atoms with E-state index in [9.17, 15) is 24.0 Å². The monoisotopic (exact) mass is 350 g/mol. The first kappa shape index (κ1) is 16.3. The number of carbonyl (C=O) groups is 5. The summed E-state index contributed by atoms with van der Waals surface area (Å²) in [4.78, 5) is 63.1. The predicted octanol–water partition coefficient (Wildman–Crippen LogP) is 1.64. The van der Waals surface area contributed by atoms with Crippen molar-refractivity contribution in [1.82, 2.24) is 0 Å². The third-order valence-corrected chi connectivity index (χ3v) is 5.06. The van der Waals surface area contributed by atoms with Crippen LogP contribution in [0.15, 0.2) is 47.6 Å². The van der Waals surface area contributed by atoms with Crippen molar-refractivity contribution in [2.45, 2.75) is 19.4 Å². The zero-order valence-electron chi connectivity index (χ0n) is 13.9. The lowest BCUT2D eigenvalue weighted by Gasteiger charge is -2.37. The SMILES string of the molecule is CC(=O)O[C@H]1C=CC[C@@H]2C(=O)C3=C(C(=O)c4ccccc4C3=O)C(=O)[C@H]12. The van der Waals surface area contributed by atoms with Gasteiger partial charge in [0.05, 0.1) is 17.1 Å². The van der Waals surface area contributed by atoms with Crippen LogP contribution in [-0.2, 0) is 19.1 Å². The first-order chi connectivity index (χ1) is 12.4. The third kappa shape index (κ3) is 2.15. The van der Waals surface area contributed by atoms with E-state index in [-0.39, 0.29) is 28.7 Å². The Morgan fingerprint density at radius 1 is 0.962 bits per heavy atom. The Balaban J connectivity index is 1.87. The predicted molar refractivity (Wildman–Crippen MR) is 88.4 cm³/mol. The number of allylic oxidation sites excluding steroid dienone is 3. The summed E-state index contributed by atoms with van der Waals surface area (Å²) >= 11 is 0. The van der Waals surface area contributed by atoms with Crippen LogP contribution in [0.25, 0.3) is 0 Å². The molecule has 0 spiro atoms. The summed E-state index contributed by atoms with van der Waals surface area (Å²) in [5, 5.41) is 0. The van der Waals surface area contributed by atoms with E-state index in [0.29, 0.717) is 0 Å². The third-order valence-electron chi connectivity index (χ3n) is 5.06. The van der Waals surface area contributed by atoms with E-state index in [1.807, 2.05) is 0 Å². The molecule has 0 bridgehead atoms. The Bertz CT molecular complexity index is 964. The molecule has 0 saturated carbocycles. The summed E-state index contributed by atoms with van der Waals surface area (Å²) in [6.07, 6.45) is 2.56. The summed E-state index contributed by atoms with van der Waals surface area (Å²) < 4.78 is 5.17. The molecular formula is C20H14O6. The zero-order chi connectivity index (χ0) is 18.6. The highest BCUT2D eigenvalue weighted by Crippen LogP contribution is 2.41. The number of carbonyl (C=O) groups excluding carboxylic acids is 5. The molecule has 26 heavy (non-hydrogen) atoms. The molecule has 0 saturated heterocycles. The quantitative estimate of drug-likeness (QED) is 0.434.